The van der Waals surface area contributed by atoms with E-state index in [1.54, 1.807) is 6.20 Å². The average Bonchev–Trinajstić information content (AvgIpc) is 2.77. The van der Waals surface area contributed by atoms with Gasteiger partial charge in [-0.1, -0.05) is 20.3 Å². The number of rotatable bonds is 6. The van der Waals surface area contributed by atoms with E-state index < -0.39 is 11.7 Å². The number of piperazine rings is 1. The Kier molecular flexibility index (Phi) is 7.53. The standard InChI is InChI=1S/C21H27F3N6S/c1-3-15(2)12-27-20(31)28-17-5-7-19(26-14-17)30-10-8-29(9-11-30)18-6-4-16(13-25-18)21(22,23)24/h4-7,13-15H,3,8-12H2,1-2H3,(H2,27,28,31)/t15-/m1/s1. The van der Waals surface area contributed by atoms with Crippen LogP contribution >= 0.6 is 12.2 Å². The monoisotopic (exact) mass is 452 g/mol. The molecule has 1 fully saturated rings. The zero-order valence-electron chi connectivity index (χ0n) is 17.6. The number of hydrogen-bond donors (Lipinski definition) is 2. The molecule has 1 atom stereocenters. The van der Waals surface area contributed by atoms with Crippen LogP contribution < -0.4 is 20.4 Å². The molecule has 0 aliphatic carbocycles. The van der Waals surface area contributed by atoms with Crippen LogP contribution in [0, 0.1) is 5.92 Å². The molecule has 1 aliphatic rings. The van der Waals surface area contributed by atoms with E-state index in [9.17, 15) is 13.2 Å². The fraction of sp³-hybridized carbons (Fsp3) is 0.476. The van der Waals surface area contributed by atoms with E-state index in [-0.39, 0.29) is 0 Å². The molecule has 1 aliphatic heterocycles. The van der Waals surface area contributed by atoms with Crippen molar-refractivity contribution in [3.8, 4) is 0 Å². The van der Waals surface area contributed by atoms with Gasteiger partial charge in [-0.15, -0.1) is 0 Å². The van der Waals surface area contributed by atoms with Crippen molar-refractivity contribution in [2.75, 3.05) is 47.8 Å². The molecule has 0 saturated carbocycles. The van der Waals surface area contributed by atoms with E-state index in [2.05, 4.69) is 39.3 Å². The highest BCUT2D eigenvalue weighted by molar-refractivity contribution is 7.80. The minimum atomic E-state index is -4.37. The smallest absolute Gasteiger partial charge is 0.362 e. The van der Waals surface area contributed by atoms with Crippen LogP contribution in [0.1, 0.15) is 25.8 Å². The Bertz CT molecular complexity index is 849. The Morgan fingerprint density at radius 2 is 1.61 bits per heavy atom. The maximum absolute atomic E-state index is 12.7. The highest BCUT2D eigenvalue weighted by Crippen LogP contribution is 2.29. The summed E-state index contributed by atoms with van der Waals surface area (Å²) >= 11 is 5.31. The van der Waals surface area contributed by atoms with Gasteiger partial charge in [0, 0.05) is 38.9 Å². The van der Waals surface area contributed by atoms with Crippen molar-refractivity contribution >= 4 is 34.7 Å². The van der Waals surface area contributed by atoms with Crippen LogP contribution in [0.15, 0.2) is 36.7 Å². The molecule has 2 N–H and O–H groups in total. The average molecular weight is 453 g/mol. The molecule has 0 bridgehead atoms. The first kappa shape index (κ1) is 23.1. The van der Waals surface area contributed by atoms with Crippen molar-refractivity contribution in [3.05, 3.63) is 42.2 Å². The fourth-order valence-corrected chi connectivity index (χ4v) is 3.34. The lowest BCUT2D eigenvalue weighted by atomic mass is 10.1. The molecule has 0 unspecified atom stereocenters. The number of hydrogen-bond acceptors (Lipinski definition) is 5. The molecule has 1 saturated heterocycles. The zero-order valence-corrected chi connectivity index (χ0v) is 18.4. The molecule has 10 heteroatoms. The van der Waals surface area contributed by atoms with Crippen LogP contribution in [0.3, 0.4) is 0 Å². The third kappa shape index (κ3) is 6.43. The van der Waals surface area contributed by atoms with Crippen molar-refractivity contribution in [2.24, 2.45) is 5.92 Å². The quantitative estimate of drug-likeness (QED) is 0.639. The highest BCUT2D eigenvalue weighted by Gasteiger charge is 2.31. The van der Waals surface area contributed by atoms with Crippen molar-refractivity contribution < 1.29 is 13.2 Å². The largest absolute Gasteiger partial charge is 0.417 e. The van der Waals surface area contributed by atoms with E-state index in [1.807, 2.05) is 17.0 Å². The summed E-state index contributed by atoms with van der Waals surface area (Å²) in [7, 11) is 0. The molecule has 3 heterocycles. The third-order valence-corrected chi connectivity index (χ3v) is 5.56. The SMILES string of the molecule is CC[C@@H](C)CNC(=S)Nc1ccc(N2CCN(c3ccc(C(F)(F)F)cn3)CC2)nc1. The number of anilines is 3. The van der Waals surface area contributed by atoms with Crippen LogP contribution in [0.4, 0.5) is 30.5 Å². The number of pyridine rings is 2. The second kappa shape index (κ2) is 10.1. The van der Waals surface area contributed by atoms with Gasteiger partial charge in [0.05, 0.1) is 17.4 Å². The van der Waals surface area contributed by atoms with Crippen molar-refractivity contribution in [2.45, 2.75) is 26.4 Å². The number of aromatic nitrogens is 2. The number of nitrogens with zero attached hydrogens (tertiary/aromatic N) is 4. The maximum Gasteiger partial charge on any atom is 0.417 e. The molecule has 6 nitrogen and oxygen atoms in total. The van der Waals surface area contributed by atoms with Crippen molar-refractivity contribution in [1.82, 2.24) is 15.3 Å². The van der Waals surface area contributed by atoms with Crippen LogP contribution in [0.5, 0.6) is 0 Å². The Hall–Kier alpha value is -2.62. The third-order valence-electron chi connectivity index (χ3n) is 5.32. The van der Waals surface area contributed by atoms with E-state index >= 15 is 0 Å². The molecule has 2 aromatic heterocycles. The second-order valence-corrected chi connectivity index (χ2v) is 8.04. The molecule has 2 aromatic rings. The summed E-state index contributed by atoms with van der Waals surface area (Å²) in [5.41, 5.74) is 0.0836. The van der Waals surface area contributed by atoms with Gasteiger partial charge < -0.3 is 20.4 Å². The summed E-state index contributed by atoms with van der Waals surface area (Å²) in [5, 5.41) is 6.91. The number of nitrogens with one attached hydrogen (secondary N) is 2. The Labute approximate surface area is 185 Å². The Morgan fingerprint density at radius 1 is 1.03 bits per heavy atom. The number of alkyl halides is 3. The van der Waals surface area contributed by atoms with E-state index in [4.69, 9.17) is 12.2 Å². The van der Waals surface area contributed by atoms with Gasteiger partial charge >= 0.3 is 6.18 Å². The predicted octanol–water partition coefficient (Wildman–Crippen LogP) is 4.15. The topological polar surface area (TPSA) is 56.3 Å². The minimum Gasteiger partial charge on any atom is -0.362 e. The number of halogens is 3. The second-order valence-electron chi connectivity index (χ2n) is 7.63. The van der Waals surface area contributed by atoms with Crippen molar-refractivity contribution in [3.63, 3.8) is 0 Å². The summed E-state index contributed by atoms with van der Waals surface area (Å²) in [6.45, 7) is 7.86. The van der Waals surface area contributed by atoms with Crippen molar-refractivity contribution in [1.29, 1.82) is 0 Å². The van der Waals surface area contributed by atoms with Gasteiger partial charge in [0.25, 0.3) is 0 Å². The molecular formula is C21H27F3N6S. The lowest BCUT2D eigenvalue weighted by Gasteiger charge is -2.36. The van der Waals surface area contributed by atoms with Crippen LogP contribution in [-0.4, -0.2) is 47.8 Å². The molecule has 3 rings (SSSR count). The van der Waals surface area contributed by atoms with Gasteiger partial charge in [0.2, 0.25) is 0 Å². The minimum absolute atomic E-state index is 0.552. The summed E-state index contributed by atoms with van der Waals surface area (Å²) in [6.07, 6.45) is -0.647. The first-order valence-electron chi connectivity index (χ1n) is 10.3. The first-order chi connectivity index (χ1) is 14.8. The molecule has 0 aromatic carbocycles. The lowest BCUT2D eigenvalue weighted by molar-refractivity contribution is -0.137. The van der Waals surface area contributed by atoms with Crippen LogP contribution in [0.25, 0.3) is 0 Å². The van der Waals surface area contributed by atoms with Gasteiger partial charge in [-0.3, -0.25) is 0 Å². The molecule has 31 heavy (non-hydrogen) atoms. The van der Waals surface area contributed by atoms with E-state index in [0.717, 1.165) is 36.7 Å². The van der Waals surface area contributed by atoms with Gasteiger partial charge in [-0.25, -0.2) is 9.97 Å². The predicted molar refractivity (Wildman–Crippen MR) is 122 cm³/mol. The van der Waals surface area contributed by atoms with Gasteiger partial charge in [0.15, 0.2) is 5.11 Å². The summed E-state index contributed by atoms with van der Waals surface area (Å²) < 4.78 is 38.1. The lowest BCUT2D eigenvalue weighted by Crippen LogP contribution is -2.47. The molecule has 0 amide bonds. The molecular weight excluding hydrogens is 425 g/mol. The summed E-state index contributed by atoms with van der Waals surface area (Å²) in [6, 6.07) is 6.37. The van der Waals surface area contributed by atoms with Crippen LogP contribution in [0.2, 0.25) is 0 Å². The summed E-state index contributed by atoms with van der Waals surface area (Å²) in [4.78, 5) is 12.6. The van der Waals surface area contributed by atoms with Gasteiger partial charge in [-0.2, -0.15) is 13.2 Å². The van der Waals surface area contributed by atoms with Gasteiger partial charge in [0.1, 0.15) is 11.6 Å². The molecule has 0 radical (unpaired) electrons. The molecule has 168 valence electrons. The number of thiocarbonyl (C=S) groups is 1. The van der Waals surface area contributed by atoms with E-state index in [0.29, 0.717) is 43.0 Å². The highest BCUT2D eigenvalue weighted by atomic mass is 32.1. The summed E-state index contributed by atoms with van der Waals surface area (Å²) in [5.74, 6) is 1.96. The van der Waals surface area contributed by atoms with Gasteiger partial charge in [-0.05, 0) is 42.4 Å². The van der Waals surface area contributed by atoms with E-state index in [1.165, 1.54) is 6.07 Å². The Morgan fingerprint density at radius 3 is 2.06 bits per heavy atom. The van der Waals surface area contributed by atoms with Crippen LogP contribution in [-0.2, 0) is 6.18 Å². The molecule has 0 spiro atoms. The zero-order chi connectivity index (χ0) is 22.4. The normalized spacial score (nSPS) is 15.5. The first-order valence-corrected chi connectivity index (χ1v) is 10.7. The Balaban J connectivity index is 1.50. The fourth-order valence-electron chi connectivity index (χ4n) is 3.14. The maximum atomic E-state index is 12.7.